The Morgan fingerprint density at radius 2 is 2.04 bits per heavy atom. The minimum Gasteiger partial charge on any atom is -0.295 e. The van der Waals surface area contributed by atoms with Gasteiger partial charge in [0.2, 0.25) is 0 Å². The van der Waals surface area contributed by atoms with Crippen LogP contribution in [0.15, 0.2) is 23.8 Å². The van der Waals surface area contributed by atoms with Crippen molar-refractivity contribution < 1.29 is 4.79 Å². The third-order valence-corrected chi connectivity index (χ3v) is 8.57. The van der Waals surface area contributed by atoms with Crippen LogP contribution in [0.5, 0.6) is 0 Å². The zero-order valence-electron chi connectivity index (χ0n) is 15.3. The van der Waals surface area contributed by atoms with E-state index < -0.39 is 0 Å². The van der Waals surface area contributed by atoms with Crippen molar-refractivity contribution in [2.24, 2.45) is 40.4 Å². The van der Waals surface area contributed by atoms with E-state index in [0.29, 0.717) is 35.4 Å². The van der Waals surface area contributed by atoms with E-state index in [0.717, 1.165) is 37.7 Å². The maximum Gasteiger partial charge on any atom is 0.155 e. The Kier molecular flexibility index (Phi) is 3.41. The lowest BCUT2D eigenvalue weighted by Crippen LogP contribution is -2.51. The Hall–Kier alpha value is -1.36. The summed E-state index contributed by atoms with van der Waals surface area (Å²) < 4.78 is 0. The van der Waals surface area contributed by atoms with Crippen LogP contribution < -0.4 is 0 Å². The number of allylic oxidation sites excluding steroid dienone is 2. The van der Waals surface area contributed by atoms with Gasteiger partial charge in [-0.15, -0.1) is 0 Å². The molecule has 0 radical (unpaired) electrons. The zero-order chi connectivity index (χ0) is 17.3. The second-order valence-corrected chi connectivity index (χ2v) is 9.36. The van der Waals surface area contributed by atoms with Crippen LogP contribution in [0.3, 0.4) is 0 Å². The molecule has 0 aromatic carbocycles. The average molecular weight is 323 g/mol. The van der Waals surface area contributed by atoms with E-state index in [1.165, 1.54) is 12.0 Å². The van der Waals surface area contributed by atoms with Crippen LogP contribution in [0.4, 0.5) is 0 Å². The van der Waals surface area contributed by atoms with Crippen molar-refractivity contribution in [3.05, 3.63) is 23.8 Å². The van der Waals surface area contributed by atoms with Crippen LogP contribution in [0.2, 0.25) is 0 Å². The fourth-order valence-electron chi connectivity index (χ4n) is 6.99. The summed E-state index contributed by atoms with van der Waals surface area (Å²) in [6.07, 6.45) is 8.21. The van der Waals surface area contributed by atoms with Crippen LogP contribution in [0.1, 0.15) is 59.3 Å². The molecule has 0 amide bonds. The Labute approximate surface area is 146 Å². The van der Waals surface area contributed by atoms with E-state index in [1.807, 2.05) is 6.08 Å². The number of ketones is 1. The second kappa shape index (κ2) is 5.07. The Morgan fingerprint density at radius 3 is 2.75 bits per heavy atom. The first-order valence-corrected chi connectivity index (χ1v) is 9.64. The zero-order valence-corrected chi connectivity index (χ0v) is 15.3. The van der Waals surface area contributed by atoms with E-state index in [-0.39, 0.29) is 10.8 Å². The molecule has 7 atom stereocenters. The molecule has 4 aliphatic carbocycles. The predicted molar refractivity (Wildman–Crippen MR) is 94.9 cm³/mol. The monoisotopic (exact) mass is 323 g/mol. The Bertz CT molecular complexity index is 683. The highest BCUT2D eigenvalue weighted by molar-refractivity contribution is 5.91. The van der Waals surface area contributed by atoms with E-state index in [2.05, 4.69) is 33.4 Å². The molecule has 0 N–H and O–H groups in total. The maximum absolute atomic E-state index is 11.9. The fraction of sp³-hybridized carbons (Fsp3) is 0.727. The van der Waals surface area contributed by atoms with Crippen molar-refractivity contribution in [3.63, 3.8) is 0 Å². The smallest absolute Gasteiger partial charge is 0.155 e. The summed E-state index contributed by atoms with van der Waals surface area (Å²) in [6, 6.07) is 2.65. The van der Waals surface area contributed by atoms with Gasteiger partial charge in [-0.1, -0.05) is 31.6 Å². The van der Waals surface area contributed by atoms with Gasteiger partial charge in [-0.3, -0.25) is 4.79 Å². The molecular weight excluding hydrogens is 294 g/mol. The predicted octanol–water partition coefficient (Wildman–Crippen LogP) is 5.07. The molecule has 4 rings (SSSR count). The van der Waals surface area contributed by atoms with Gasteiger partial charge in [-0.05, 0) is 80.1 Å². The largest absolute Gasteiger partial charge is 0.295 e. The summed E-state index contributed by atoms with van der Waals surface area (Å²) in [5.74, 6) is 3.55. The molecule has 128 valence electrons. The standard InChI is InChI=1S/C22H29NO/c1-13-9-15-11-16(24)5-6-17(15)18-7-8-21(3)19(20(13)18)10-14(2)22(21,4)12-23/h11,13,17-20H,2,5-10H2,1,3-4H3/t13?,17-,18+,19-,20+,21-,22-/m0/s1. The molecule has 0 spiro atoms. The Morgan fingerprint density at radius 1 is 1.29 bits per heavy atom. The van der Waals surface area contributed by atoms with Crippen LogP contribution in [0, 0.1) is 51.8 Å². The van der Waals surface area contributed by atoms with E-state index in [1.54, 1.807) is 0 Å². The SMILES string of the molecule is C=C1C[C@H]2[C@@H]3C(C)CC4=CC(=O)CC[C@@H]4[C@H]3CC[C@]2(C)[C@@]1(C)C#N. The molecule has 2 heteroatoms. The number of fused-ring (bicyclic) bond motifs is 5. The molecule has 0 saturated heterocycles. The highest BCUT2D eigenvalue weighted by Gasteiger charge is 2.63. The van der Waals surface area contributed by atoms with Gasteiger partial charge in [0.15, 0.2) is 5.78 Å². The molecule has 3 saturated carbocycles. The van der Waals surface area contributed by atoms with Crippen molar-refractivity contribution in [2.75, 3.05) is 0 Å². The van der Waals surface area contributed by atoms with Crippen molar-refractivity contribution in [1.82, 2.24) is 0 Å². The molecule has 1 unspecified atom stereocenters. The lowest BCUT2D eigenvalue weighted by Gasteiger charge is -2.56. The number of rotatable bonds is 0. The summed E-state index contributed by atoms with van der Waals surface area (Å²) in [7, 11) is 0. The molecule has 4 aliphatic rings. The third-order valence-electron chi connectivity index (χ3n) is 8.57. The molecule has 0 heterocycles. The number of carbonyl (C=O) groups excluding carboxylic acids is 1. The van der Waals surface area contributed by atoms with E-state index in [9.17, 15) is 10.1 Å². The number of hydrogen-bond donors (Lipinski definition) is 0. The first-order valence-electron chi connectivity index (χ1n) is 9.64. The van der Waals surface area contributed by atoms with Crippen molar-refractivity contribution in [2.45, 2.75) is 59.3 Å². The van der Waals surface area contributed by atoms with Gasteiger partial charge in [0, 0.05) is 6.42 Å². The quantitative estimate of drug-likeness (QED) is 0.584. The minimum absolute atomic E-state index is 0.0694. The molecule has 0 aromatic rings. The summed E-state index contributed by atoms with van der Waals surface area (Å²) >= 11 is 0. The van der Waals surface area contributed by atoms with Crippen molar-refractivity contribution in [3.8, 4) is 6.07 Å². The first-order chi connectivity index (χ1) is 11.3. The molecule has 3 fully saturated rings. The van der Waals surface area contributed by atoms with Gasteiger partial charge in [-0.25, -0.2) is 0 Å². The molecule has 24 heavy (non-hydrogen) atoms. The molecule has 0 aromatic heterocycles. The summed E-state index contributed by atoms with van der Waals surface area (Å²) in [6.45, 7) is 11.2. The van der Waals surface area contributed by atoms with E-state index >= 15 is 0 Å². The van der Waals surface area contributed by atoms with Crippen LogP contribution in [0.25, 0.3) is 0 Å². The summed E-state index contributed by atoms with van der Waals surface area (Å²) in [4.78, 5) is 11.9. The topological polar surface area (TPSA) is 40.9 Å². The van der Waals surface area contributed by atoms with Crippen molar-refractivity contribution in [1.29, 1.82) is 5.26 Å². The van der Waals surface area contributed by atoms with E-state index in [4.69, 9.17) is 0 Å². The molecule has 2 nitrogen and oxygen atoms in total. The molecular formula is C22H29NO. The third kappa shape index (κ3) is 1.85. The van der Waals surface area contributed by atoms with Gasteiger partial charge in [0.1, 0.15) is 0 Å². The maximum atomic E-state index is 11.9. The number of nitrogens with zero attached hydrogens (tertiary/aromatic N) is 1. The highest BCUT2D eigenvalue weighted by Crippen LogP contribution is 2.69. The van der Waals surface area contributed by atoms with Crippen LogP contribution in [-0.2, 0) is 4.79 Å². The fourth-order valence-corrected chi connectivity index (χ4v) is 6.99. The second-order valence-electron chi connectivity index (χ2n) is 9.36. The number of carbonyl (C=O) groups is 1. The minimum atomic E-state index is -0.374. The average Bonchev–Trinajstić information content (AvgIpc) is 2.75. The van der Waals surface area contributed by atoms with Crippen LogP contribution >= 0.6 is 0 Å². The Balaban J connectivity index is 1.73. The van der Waals surface area contributed by atoms with Crippen molar-refractivity contribution >= 4 is 5.78 Å². The molecule has 0 aliphatic heterocycles. The normalized spacial score (nSPS) is 50.4. The summed E-state index contributed by atoms with van der Waals surface area (Å²) in [5.41, 5.74) is 2.29. The van der Waals surface area contributed by atoms with Gasteiger partial charge >= 0.3 is 0 Å². The lowest BCUT2D eigenvalue weighted by molar-refractivity contribution is -0.116. The number of hydrogen-bond acceptors (Lipinski definition) is 2. The highest BCUT2D eigenvalue weighted by atomic mass is 16.1. The van der Waals surface area contributed by atoms with Gasteiger partial charge in [0.05, 0.1) is 11.5 Å². The molecule has 0 bridgehead atoms. The number of nitriles is 1. The van der Waals surface area contributed by atoms with Gasteiger partial charge in [-0.2, -0.15) is 5.26 Å². The first kappa shape index (κ1) is 16.1. The van der Waals surface area contributed by atoms with Crippen LogP contribution in [-0.4, -0.2) is 5.78 Å². The lowest BCUT2D eigenvalue weighted by atomic mass is 9.47. The summed E-state index contributed by atoms with van der Waals surface area (Å²) in [5, 5.41) is 9.92. The van der Waals surface area contributed by atoms with Gasteiger partial charge < -0.3 is 0 Å². The van der Waals surface area contributed by atoms with Gasteiger partial charge in [0.25, 0.3) is 0 Å².